The second-order valence-corrected chi connectivity index (χ2v) is 7.78. The summed E-state index contributed by atoms with van der Waals surface area (Å²) >= 11 is 0. The van der Waals surface area contributed by atoms with Crippen LogP contribution < -0.4 is 4.90 Å². The Morgan fingerprint density at radius 3 is 2.68 bits per heavy atom. The third kappa shape index (κ3) is 4.55. The van der Waals surface area contributed by atoms with Gasteiger partial charge >= 0.3 is 6.18 Å². The van der Waals surface area contributed by atoms with Crippen LogP contribution in [-0.2, 0) is 17.5 Å². The molecule has 6 nitrogen and oxygen atoms in total. The van der Waals surface area contributed by atoms with Crippen molar-refractivity contribution in [3.63, 3.8) is 0 Å². The molecule has 2 aromatic carbocycles. The Labute approximate surface area is 177 Å². The van der Waals surface area contributed by atoms with Crippen LogP contribution in [0.15, 0.2) is 53.1 Å². The van der Waals surface area contributed by atoms with E-state index in [1.165, 1.54) is 11.0 Å². The van der Waals surface area contributed by atoms with Crippen molar-refractivity contribution in [3.05, 3.63) is 65.5 Å². The van der Waals surface area contributed by atoms with Crippen LogP contribution in [0.2, 0.25) is 0 Å². The number of carbonyl (C=O) groups excluding carboxylic acids is 1. The molecule has 0 saturated carbocycles. The van der Waals surface area contributed by atoms with Crippen molar-refractivity contribution in [2.24, 2.45) is 0 Å². The fraction of sp³-hybridized carbons (Fsp3) is 0.318. The van der Waals surface area contributed by atoms with Gasteiger partial charge in [0.25, 0.3) is 5.89 Å². The van der Waals surface area contributed by atoms with Gasteiger partial charge in [-0.05, 0) is 35.9 Å². The van der Waals surface area contributed by atoms with Crippen LogP contribution in [0.3, 0.4) is 0 Å². The van der Waals surface area contributed by atoms with Gasteiger partial charge in [-0.2, -0.15) is 18.2 Å². The molecule has 1 amide bonds. The summed E-state index contributed by atoms with van der Waals surface area (Å²) in [6.07, 6.45) is -4.23. The number of alkyl halides is 3. The monoisotopic (exact) mass is 430 g/mol. The Bertz CT molecular complexity index is 1090. The summed E-state index contributed by atoms with van der Waals surface area (Å²) in [5.74, 6) is 0.365. The molecule has 1 atom stereocenters. The fourth-order valence-electron chi connectivity index (χ4n) is 3.60. The van der Waals surface area contributed by atoms with Crippen molar-refractivity contribution in [3.8, 4) is 11.5 Å². The molecule has 9 heteroatoms. The van der Waals surface area contributed by atoms with Gasteiger partial charge in [0, 0.05) is 50.8 Å². The SMILES string of the molecule is CN(C)c1cccc(-c2nc(C3CC(=O)N(Cc4cccc(C(F)(F)F)c4)C3)no2)c1. The van der Waals surface area contributed by atoms with Gasteiger partial charge in [0.2, 0.25) is 5.91 Å². The lowest BCUT2D eigenvalue weighted by Crippen LogP contribution is -2.24. The summed E-state index contributed by atoms with van der Waals surface area (Å²) in [6.45, 7) is 0.431. The minimum atomic E-state index is -4.42. The van der Waals surface area contributed by atoms with E-state index in [2.05, 4.69) is 10.1 Å². The van der Waals surface area contributed by atoms with Crippen molar-refractivity contribution in [1.29, 1.82) is 0 Å². The van der Waals surface area contributed by atoms with Crippen LogP contribution in [0, 0.1) is 0 Å². The standard InChI is InChI=1S/C22H21F3N4O2/c1-28(2)18-8-4-6-15(10-18)21-26-20(27-31-21)16-11-19(30)29(13-16)12-14-5-3-7-17(9-14)22(23,24)25/h3-10,16H,11-13H2,1-2H3. The number of anilines is 1. The number of benzene rings is 2. The molecule has 2 heterocycles. The maximum atomic E-state index is 12.9. The molecule has 4 rings (SSSR count). The van der Waals surface area contributed by atoms with E-state index in [0.29, 0.717) is 23.8 Å². The molecule has 0 spiro atoms. The molecule has 0 N–H and O–H groups in total. The van der Waals surface area contributed by atoms with Crippen LogP contribution in [0.25, 0.3) is 11.5 Å². The first-order valence-corrected chi connectivity index (χ1v) is 9.76. The summed E-state index contributed by atoms with van der Waals surface area (Å²) in [5.41, 5.74) is 1.46. The molecule has 1 aromatic heterocycles. The van der Waals surface area contributed by atoms with Crippen molar-refractivity contribution < 1.29 is 22.5 Å². The number of carbonyl (C=O) groups is 1. The topological polar surface area (TPSA) is 62.5 Å². The van der Waals surface area contributed by atoms with Gasteiger partial charge in [-0.15, -0.1) is 0 Å². The van der Waals surface area contributed by atoms with Gasteiger partial charge in [0.1, 0.15) is 0 Å². The highest BCUT2D eigenvalue weighted by molar-refractivity contribution is 5.79. The Balaban J connectivity index is 1.47. The molecule has 1 aliphatic rings. The first-order valence-electron chi connectivity index (χ1n) is 9.76. The van der Waals surface area contributed by atoms with E-state index in [0.717, 1.165) is 23.4 Å². The first kappa shape index (κ1) is 20.9. The van der Waals surface area contributed by atoms with Crippen molar-refractivity contribution >= 4 is 11.6 Å². The average Bonchev–Trinajstić information content (AvgIpc) is 3.35. The number of rotatable bonds is 5. The van der Waals surface area contributed by atoms with E-state index in [-0.39, 0.29) is 24.8 Å². The third-order valence-corrected chi connectivity index (χ3v) is 5.26. The molecular weight excluding hydrogens is 409 g/mol. The third-order valence-electron chi connectivity index (χ3n) is 5.26. The second kappa shape index (κ2) is 8.05. The van der Waals surface area contributed by atoms with Crippen LogP contribution in [0.1, 0.15) is 29.3 Å². The van der Waals surface area contributed by atoms with Gasteiger partial charge in [-0.1, -0.05) is 23.4 Å². The highest BCUT2D eigenvalue weighted by Crippen LogP contribution is 2.32. The lowest BCUT2D eigenvalue weighted by molar-refractivity contribution is -0.137. The summed E-state index contributed by atoms with van der Waals surface area (Å²) in [5, 5.41) is 4.04. The van der Waals surface area contributed by atoms with E-state index in [9.17, 15) is 18.0 Å². The van der Waals surface area contributed by atoms with Crippen LogP contribution >= 0.6 is 0 Å². The number of likely N-dealkylation sites (tertiary alicyclic amines) is 1. The predicted molar refractivity (Wildman–Crippen MR) is 108 cm³/mol. The van der Waals surface area contributed by atoms with Gasteiger partial charge < -0.3 is 14.3 Å². The number of halogens is 3. The minimum Gasteiger partial charge on any atom is -0.378 e. The summed E-state index contributed by atoms with van der Waals surface area (Å²) < 4.78 is 44.2. The first-order chi connectivity index (χ1) is 14.7. The quantitative estimate of drug-likeness (QED) is 0.603. The van der Waals surface area contributed by atoms with E-state index < -0.39 is 11.7 Å². The highest BCUT2D eigenvalue weighted by Gasteiger charge is 2.35. The zero-order valence-corrected chi connectivity index (χ0v) is 17.1. The molecule has 1 fully saturated rings. The minimum absolute atomic E-state index is 0.106. The molecule has 162 valence electrons. The smallest absolute Gasteiger partial charge is 0.378 e. The van der Waals surface area contributed by atoms with Crippen molar-refractivity contribution in [2.45, 2.75) is 25.1 Å². The molecule has 1 unspecified atom stereocenters. The zero-order chi connectivity index (χ0) is 22.2. The molecular formula is C22H21F3N4O2. The second-order valence-electron chi connectivity index (χ2n) is 7.78. The molecule has 0 bridgehead atoms. The van der Waals surface area contributed by atoms with Crippen LogP contribution in [0.5, 0.6) is 0 Å². The van der Waals surface area contributed by atoms with Crippen LogP contribution in [0.4, 0.5) is 18.9 Å². The number of hydrogen-bond acceptors (Lipinski definition) is 5. The normalized spacial score (nSPS) is 16.7. The number of nitrogens with zero attached hydrogens (tertiary/aromatic N) is 4. The molecule has 3 aromatic rings. The molecule has 0 aliphatic carbocycles. The van der Waals surface area contributed by atoms with Crippen molar-refractivity contribution in [2.75, 3.05) is 25.5 Å². The zero-order valence-electron chi connectivity index (χ0n) is 17.1. The van der Waals surface area contributed by atoms with Crippen LogP contribution in [-0.4, -0.2) is 41.6 Å². The number of hydrogen-bond donors (Lipinski definition) is 0. The van der Waals surface area contributed by atoms with Gasteiger partial charge in [-0.25, -0.2) is 0 Å². The summed E-state index contributed by atoms with van der Waals surface area (Å²) in [6, 6.07) is 12.7. The molecule has 1 aliphatic heterocycles. The number of aromatic nitrogens is 2. The highest BCUT2D eigenvalue weighted by atomic mass is 19.4. The average molecular weight is 430 g/mol. The van der Waals surface area contributed by atoms with E-state index in [4.69, 9.17) is 4.52 Å². The fourth-order valence-corrected chi connectivity index (χ4v) is 3.60. The lowest BCUT2D eigenvalue weighted by Gasteiger charge is -2.17. The Morgan fingerprint density at radius 2 is 1.94 bits per heavy atom. The van der Waals surface area contributed by atoms with Gasteiger partial charge in [0.15, 0.2) is 5.82 Å². The Morgan fingerprint density at radius 1 is 1.16 bits per heavy atom. The Hall–Kier alpha value is -3.36. The molecule has 1 saturated heterocycles. The van der Waals surface area contributed by atoms with E-state index >= 15 is 0 Å². The van der Waals surface area contributed by atoms with E-state index in [1.807, 2.05) is 43.3 Å². The largest absolute Gasteiger partial charge is 0.416 e. The van der Waals surface area contributed by atoms with Gasteiger partial charge in [0.05, 0.1) is 5.56 Å². The Kier molecular flexibility index (Phi) is 5.43. The lowest BCUT2D eigenvalue weighted by atomic mass is 10.1. The summed E-state index contributed by atoms with van der Waals surface area (Å²) in [4.78, 5) is 20.4. The molecule has 31 heavy (non-hydrogen) atoms. The maximum absolute atomic E-state index is 12.9. The number of amides is 1. The maximum Gasteiger partial charge on any atom is 0.416 e. The molecule has 0 radical (unpaired) electrons. The van der Waals surface area contributed by atoms with Crippen molar-refractivity contribution in [1.82, 2.24) is 15.0 Å². The summed E-state index contributed by atoms with van der Waals surface area (Å²) in [7, 11) is 3.86. The van der Waals surface area contributed by atoms with E-state index in [1.54, 1.807) is 6.07 Å². The predicted octanol–water partition coefficient (Wildman–Crippen LogP) is 4.34. The van der Waals surface area contributed by atoms with Gasteiger partial charge in [-0.3, -0.25) is 4.79 Å².